The molecule has 0 aromatic carbocycles. The largest absolute Gasteiger partial charge is 0.481 e. The molecule has 0 radical (unpaired) electrons. The molecule has 1 heterocycles. The summed E-state index contributed by atoms with van der Waals surface area (Å²) in [6.45, 7) is -0.0434. The Balaban J connectivity index is 3.08. The van der Waals surface area contributed by atoms with Crippen molar-refractivity contribution in [2.24, 2.45) is 5.73 Å². The Morgan fingerprint density at radius 2 is 1.90 bits per heavy atom. The fourth-order valence-electron chi connectivity index (χ4n) is 1.94. The summed E-state index contributed by atoms with van der Waals surface area (Å²) >= 11 is 0. The van der Waals surface area contributed by atoms with Gasteiger partial charge in [-0.05, 0) is 6.92 Å². The molecular formula is C10H15F3N2O5S. The van der Waals surface area contributed by atoms with Gasteiger partial charge in [-0.2, -0.15) is 13.2 Å². The van der Waals surface area contributed by atoms with Crippen LogP contribution in [0.5, 0.6) is 0 Å². The summed E-state index contributed by atoms with van der Waals surface area (Å²) in [7, 11) is -3.60. The number of sulfone groups is 1. The quantitative estimate of drug-likeness (QED) is 0.710. The molecule has 0 aliphatic carbocycles. The highest BCUT2D eigenvalue weighted by Crippen LogP contribution is 2.31. The van der Waals surface area contributed by atoms with E-state index in [4.69, 9.17) is 10.8 Å². The van der Waals surface area contributed by atoms with Crippen molar-refractivity contribution in [1.82, 2.24) is 4.90 Å². The predicted molar refractivity (Wildman–Crippen MR) is 65.1 cm³/mol. The number of carboxylic acids is 1. The van der Waals surface area contributed by atoms with Crippen LogP contribution in [-0.2, 0) is 19.4 Å². The van der Waals surface area contributed by atoms with Crippen LogP contribution in [0.1, 0.15) is 13.3 Å². The number of carbonyl (C=O) groups excluding carboxylic acids is 1. The minimum atomic E-state index is -5.03. The minimum absolute atomic E-state index is 0.469. The summed E-state index contributed by atoms with van der Waals surface area (Å²) < 4.78 is 61.3. The van der Waals surface area contributed by atoms with E-state index in [1.807, 2.05) is 0 Å². The lowest BCUT2D eigenvalue weighted by atomic mass is 9.99. The molecule has 0 bridgehead atoms. The van der Waals surface area contributed by atoms with E-state index in [0.717, 1.165) is 0 Å². The van der Waals surface area contributed by atoms with Crippen molar-refractivity contribution >= 4 is 21.7 Å². The fourth-order valence-corrected chi connectivity index (χ4v) is 3.47. The van der Waals surface area contributed by atoms with Gasteiger partial charge in [0, 0.05) is 6.54 Å². The number of rotatable bonds is 3. The highest BCUT2D eigenvalue weighted by molar-refractivity contribution is 7.91. The number of carbonyl (C=O) groups is 2. The molecule has 1 amide bonds. The first-order valence-electron chi connectivity index (χ1n) is 5.87. The Hall–Kier alpha value is -1.36. The molecule has 7 nitrogen and oxygen atoms in total. The smallest absolute Gasteiger partial charge is 0.415 e. The van der Waals surface area contributed by atoms with Crippen LogP contribution in [0.25, 0.3) is 0 Å². The molecule has 11 heteroatoms. The molecule has 1 saturated heterocycles. The zero-order valence-electron chi connectivity index (χ0n) is 11.1. The van der Waals surface area contributed by atoms with Gasteiger partial charge in [-0.15, -0.1) is 0 Å². The van der Waals surface area contributed by atoms with Crippen molar-refractivity contribution in [3.8, 4) is 0 Å². The van der Waals surface area contributed by atoms with E-state index in [1.54, 1.807) is 0 Å². The summed E-state index contributed by atoms with van der Waals surface area (Å²) in [4.78, 5) is 23.3. The summed E-state index contributed by atoms with van der Waals surface area (Å²) in [5.74, 6) is -4.17. The molecule has 122 valence electrons. The number of carboxylic acid groups (broad SMARTS) is 1. The maximum Gasteiger partial charge on any atom is 0.415 e. The minimum Gasteiger partial charge on any atom is -0.481 e. The molecule has 3 N–H and O–H groups in total. The van der Waals surface area contributed by atoms with Gasteiger partial charge in [-0.25, -0.2) is 8.42 Å². The Labute approximate surface area is 118 Å². The normalized spacial score (nSPS) is 25.2. The van der Waals surface area contributed by atoms with E-state index in [-0.39, 0.29) is 0 Å². The SMILES string of the molecule is CC(N)(C(=O)N1CCS(=O)(=O)CC1CC(=O)O)C(F)(F)F. The van der Waals surface area contributed by atoms with Gasteiger partial charge in [0.25, 0.3) is 5.91 Å². The average Bonchev–Trinajstić information content (AvgIpc) is 2.24. The summed E-state index contributed by atoms with van der Waals surface area (Å²) in [5.41, 5.74) is 1.81. The number of alkyl halides is 3. The van der Waals surface area contributed by atoms with Crippen LogP contribution in [0.4, 0.5) is 13.2 Å². The molecule has 0 aromatic rings. The lowest BCUT2D eigenvalue weighted by Crippen LogP contribution is -2.66. The molecule has 0 aromatic heterocycles. The molecule has 0 saturated carbocycles. The Bertz CT molecular complexity index is 543. The summed E-state index contributed by atoms with van der Waals surface area (Å²) in [5, 5.41) is 8.71. The first-order chi connectivity index (χ1) is 9.28. The van der Waals surface area contributed by atoms with Crippen molar-refractivity contribution in [3.05, 3.63) is 0 Å². The number of hydrogen-bond donors (Lipinski definition) is 2. The second-order valence-electron chi connectivity index (χ2n) is 5.06. The Morgan fingerprint density at radius 3 is 2.33 bits per heavy atom. The van der Waals surface area contributed by atoms with Crippen LogP contribution in [0.15, 0.2) is 0 Å². The lowest BCUT2D eigenvalue weighted by Gasteiger charge is -2.39. The molecule has 1 rings (SSSR count). The van der Waals surface area contributed by atoms with Crippen LogP contribution in [0, 0.1) is 0 Å². The standard InChI is InChI=1S/C10H15F3N2O5S/c1-9(14,10(11,12)13)8(18)15-2-3-21(19,20)5-6(15)4-7(16)17/h6H,2-5,14H2,1H3,(H,16,17). The van der Waals surface area contributed by atoms with Gasteiger partial charge in [-0.1, -0.05) is 0 Å². The van der Waals surface area contributed by atoms with Crippen molar-refractivity contribution in [2.75, 3.05) is 18.1 Å². The highest BCUT2D eigenvalue weighted by Gasteiger charge is 2.56. The molecule has 21 heavy (non-hydrogen) atoms. The number of nitrogens with two attached hydrogens (primary N) is 1. The third-order valence-electron chi connectivity index (χ3n) is 3.23. The molecule has 1 aliphatic rings. The van der Waals surface area contributed by atoms with Crippen LogP contribution >= 0.6 is 0 Å². The van der Waals surface area contributed by atoms with Gasteiger partial charge < -0.3 is 15.7 Å². The van der Waals surface area contributed by atoms with Crippen molar-refractivity contribution < 1.29 is 36.3 Å². The lowest BCUT2D eigenvalue weighted by molar-refractivity contribution is -0.194. The molecule has 2 unspecified atom stereocenters. The van der Waals surface area contributed by atoms with Gasteiger partial charge in [0.05, 0.1) is 24.0 Å². The van der Waals surface area contributed by atoms with Crippen LogP contribution in [-0.4, -0.2) is 66.1 Å². The fraction of sp³-hybridized carbons (Fsp3) is 0.800. The van der Waals surface area contributed by atoms with Crippen molar-refractivity contribution in [2.45, 2.75) is 31.1 Å². The van der Waals surface area contributed by atoms with Gasteiger partial charge in [0.1, 0.15) is 0 Å². The number of hydrogen-bond acceptors (Lipinski definition) is 5. The molecule has 2 atom stereocenters. The van der Waals surface area contributed by atoms with Crippen LogP contribution in [0.3, 0.4) is 0 Å². The number of aliphatic carboxylic acids is 1. The molecular weight excluding hydrogens is 317 g/mol. The summed E-state index contributed by atoms with van der Waals surface area (Å²) in [6.07, 6.45) is -5.80. The number of nitrogens with zero attached hydrogens (tertiary/aromatic N) is 1. The van der Waals surface area contributed by atoms with E-state index in [9.17, 15) is 31.2 Å². The molecule has 0 spiro atoms. The van der Waals surface area contributed by atoms with Gasteiger partial charge >= 0.3 is 12.1 Å². The topological polar surface area (TPSA) is 118 Å². The van der Waals surface area contributed by atoms with Gasteiger partial charge in [0.2, 0.25) is 0 Å². The third-order valence-corrected chi connectivity index (χ3v) is 4.93. The van der Waals surface area contributed by atoms with Gasteiger partial charge in [0.15, 0.2) is 15.4 Å². The predicted octanol–water partition coefficient (Wildman–Crippen LogP) is -0.634. The molecule has 1 fully saturated rings. The maximum atomic E-state index is 12.8. The van der Waals surface area contributed by atoms with Crippen molar-refractivity contribution in [1.29, 1.82) is 0 Å². The zero-order chi connectivity index (χ0) is 16.6. The first kappa shape index (κ1) is 17.7. The van der Waals surface area contributed by atoms with E-state index >= 15 is 0 Å². The van der Waals surface area contributed by atoms with E-state index in [2.05, 4.69) is 0 Å². The Kier molecular flexibility index (Phi) is 4.59. The maximum absolute atomic E-state index is 12.8. The molecule has 1 aliphatic heterocycles. The highest BCUT2D eigenvalue weighted by atomic mass is 32.2. The first-order valence-corrected chi connectivity index (χ1v) is 7.69. The monoisotopic (exact) mass is 332 g/mol. The van der Waals surface area contributed by atoms with Gasteiger partial charge in [-0.3, -0.25) is 9.59 Å². The number of amides is 1. The van der Waals surface area contributed by atoms with E-state index in [1.165, 1.54) is 0 Å². The van der Waals surface area contributed by atoms with E-state index in [0.29, 0.717) is 11.8 Å². The summed E-state index contributed by atoms with van der Waals surface area (Å²) in [6, 6.07) is -1.36. The second-order valence-corrected chi connectivity index (χ2v) is 7.29. The second kappa shape index (κ2) is 5.44. The zero-order valence-corrected chi connectivity index (χ0v) is 11.9. The average molecular weight is 332 g/mol. The van der Waals surface area contributed by atoms with Crippen LogP contribution < -0.4 is 5.73 Å². The Morgan fingerprint density at radius 1 is 1.38 bits per heavy atom. The van der Waals surface area contributed by atoms with Crippen LogP contribution in [0.2, 0.25) is 0 Å². The van der Waals surface area contributed by atoms with E-state index < -0.39 is 63.9 Å². The number of halogens is 3. The third kappa shape index (κ3) is 3.84. The van der Waals surface area contributed by atoms with Crippen molar-refractivity contribution in [3.63, 3.8) is 0 Å².